The van der Waals surface area contributed by atoms with E-state index in [9.17, 15) is 8.42 Å². The van der Waals surface area contributed by atoms with E-state index in [0.717, 1.165) is 16.7 Å². The minimum absolute atomic E-state index is 0.316. The third kappa shape index (κ3) is 3.62. The Morgan fingerprint density at radius 3 is 2.29 bits per heavy atom. The molecule has 112 valence electrons. The van der Waals surface area contributed by atoms with Crippen molar-refractivity contribution >= 4 is 15.7 Å². The summed E-state index contributed by atoms with van der Waals surface area (Å²) in [7, 11) is -1.74. The van der Waals surface area contributed by atoms with Gasteiger partial charge in [-0.25, -0.2) is 8.42 Å². The van der Waals surface area contributed by atoms with Gasteiger partial charge in [-0.1, -0.05) is 29.8 Å². The Labute approximate surface area is 126 Å². The first kappa shape index (κ1) is 15.5. The number of benzene rings is 2. The highest BCUT2D eigenvalue weighted by Crippen LogP contribution is 2.22. The predicted octanol–water partition coefficient (Wildman–Crippen LogP) is 2.82. The second-order valence-corrected chi connectivity index (χ2v) is 6.69. The first-order valence-corrected chi connectivity index (χ1v) is 8.25. The molecule has 0 fully saturated rings. The van der Waals surface area contributed by atoms with Gasteiger partial charge in [0.05, 0.1) is 4.90 Å². The van der Waals surface area contributed by atoms with Gasteiger partial charge in [0.25, 0.3) is 10.0 Å². The molecule has 0 heterocycles. The van der Waals surface area contributed by atoms with Crippen LogP contribution in [-0.2, 0) is 16.6 Å². The Balaban J connectivity index is 2.35. The normalized spacial score (nSPS) is 11.4. The molecule has 0 unspecified atom stereocenters. The summed E-state index contributed by atoms with van der Waals surface area (Å²) < 4.78 is 27.7. The Kier molecular flexibility index (Phi) is 4.65. The van der Waals surface area contributed by atoms with Gasteiger partial charge in [0, 0.05) is 12.2 Å². The Morgan fingerprint density at radius 2 is 1.67 bits per heavy atom. The van der Waals surface area contributed by atoms with Crippen LogP contribution in [0.4, 0.5) is 5.69 Å². The second kappa shape index (κ2) is 6.28. The van der Waals surface area contributed by atoms with Gasteiger partial charge in [0.2, 0.25) is 0 Å². The number of sulfonamides is 1. The summed E-state index contributed by atoms with van der Waals surface area (Å²) >= 11 is 0. The lowest BCUT2D eigenvalue weighted by molar-refractivity contribution is 0.600. The Bertz CT molecular complexity index is 722. The van der Waals surface area contributed by atoms with E-state index in [-0.39, 0.29) is 0 Å². The average molecular weight is 304 g/mol. The van der Waals surface area contributed by atoms with Crippen molar-refractivity contribution in [2.24, 2.45) is 0 Å². The van der Waals surface area contributed by atoms with Crippen molar-refractivity contribution in [2.75, 3.05) is 11.8 Å². The van der Waals surface area contributed by atoms with Crippen molar-refractivity contribution in [3.05, 3.63) is 59.2 Å². The molecule has 0 radical (unpaired) electrons. The summed E-state index contributed by atoms with van der Waals surface area (Å²) in [5, 5.41) is 3.04. The van der Waals surface area contributed by atoms with Crippen LogP contribution in [0.3, 0.4) is 0 Å². The summed E-state index contributed by atoms with van der Waals surface area (Å²) in [6.07, 6.45) is 0. The van der Waals surface area contributed by atoms with Gasteiger partial charge in [-0.05, 0) is 50.2 Å². The smallest absolute Gasteiger partial charge is 0.262 e. The van der Waals surface area contributed by atoms with Crippen LogP contribution in [-0.4, -0.2) is 15.5 Å². The molecular formula is C16H20N2O2S. The summed E-state index contributed by atoms with van der Waals surface area (Å²) in [4.78, 5) is 0.316. The predicted molar refractivity (Wildman–Crippen MR) is 85.9 cm³/mol. The maximum atomic E-state index is 12.5. The fourth-order valence-corrected chi connectivity index (χ4v) is 3.51. The molecule has 0 aliphatic rings. The van der Waals surface area contributed by atoms with Gasteiger partial charge in [0.15, 0.2) is 0 Å². The van der Waals surface area contributed by atoms with Crippen molar-refractivity contribution in [1.29, 1.82) is 0 Å². The van der Waals surface area contributed by atoms with Crippen LogP contribution in [0.15, 0.2) is 47.4 Å². The van der Waals surface area contributed by atoms with Crippen LogP contribution < -0.4 is 10.0 Å². The molecule has 0 spiro atoms. The molecule has 0 bridgehead atoms. The number of nitrogens with one attached hydrogen (secondary N) is 2. The Morgan fingerprint density at radius 1 is 1.00 bits per heavy atom. The van der Waals surface area contributed by atoms with Crippen LogP contribution in [0.2, 0.25) is 0 Å². The SMILES string of the molecule is CNCc1cccc(S(=O)(=O)Nc2ccc(C)cc2)c1C. The van der Waals surface area contributed by atoms with Gasteiger partial charge < -0.3 is 5.32 Å². The second-order valence-electron chi connectivity index (χ2n) is 5.04. The fraction of sp³-hybridized carbons (Fsp3) is 0.250. The molecule has 0 aliphatic heterocycles. The topological polar surface area (TPSA) is 58.2 Å². The zero-order valence-corrected chi connectivity index (χ0v) is 13.3. The van der Waals surface area contributed by atoms with Gasteiger partial charge in [0.1, 0.15) is 0 Å². The highest BCUT2D eigenvalue weighted by atomic mass is 32.2. The maximum Gasteiger partial charge on any atom is 0.262 e. The highest BCUT2D eigenvalue weighted by Gasteiger charge is 2.18. The molecule has 2 aromatic carbocycles. The lowest BCUT2D eigenvalue weighted by Gasteiger charge is -2.13. The van der Waals surface area contributed by atoms with Crippen LogP contribution in [0, 0.1) is 13.8 Å². The van der Waals surface area contributed by atoms with Crippen LogP contribution in [0.1, 0.15) is 16.7 Å². The third-order valence-electron chi connectivity index (χ3n) is 3.36. The molecule has 2 rings (SSSR count). The van der Waals surface area contributed by atoms with Crippen molar-refractivity contribution in [2.45, 2.75) is 25.3 Å². The van der Waals surface area contributed by atoms with Gasteiger partial charge in [-0.2, -0.15) is 0 Å². The highest BCUT2D eigenvalue weighted by molar-refractivity contribution is 7.92. The lowest BCUT2D eigenvalue weighted by Crippen LogP contribution is -2.16. The van der Waals surface area contributed by atoms with E-state index in [2.05, 4.69) is 10.0 Å². The monoisotopic (exact) mass is 304 g/mol. The van der Waals surface area contributed by atoms with E-state index in [4.69, 9.17) is 0 Å². The summed E-state index contributed by atoms with van der Waals surface area (Å²) in [5.41, 5.74) is 3.40. The molecule has 0 saturated heterocycles. The summed E-state index contributed by atoms with van der Waals surface area (Å²) in [5.74, 6) is 0. The van der Waals surface area contributed by atoms with E-state index in [1.807, 2.05) is 39.1 Å². The first-order chi connectivity index (χ1) is 9.94. The molecule has 0 aliphatic carbocycles. The van der Waals surface area contributed by atoms with Crippen LogP contribution in [0.25, 0.3) is 0 Å². The fourth-order valence-electron chi connectivity index (χ4n) is 2.16. The van der Waals surface area contributed by atoms with Gasteiger partial charge in [-0.3, -0.25) is 4.72 Å². The van der Waals surface area contributed by atoms with E-state index in [0.29, 0.717) is 17.1 Å². The zero-order valence-electron chi connectivity index (χ0n) is 12.5. The number of aryl methyl sites for hydroxylation is 1. The first-order valence-electron chi connectivity index (χ1n) is 6.76. The number of hydrogen-bond donors (Lipinski definition) is 2. The molecule has 0 amide bonds. The van der Waals surface area contributed by atoms with Crippen molar-refractivity contribution in [3.63, 3.8) is 0 Å². The zero-order chi connectivity index (χ0) is 15.5. The van der Waals surface area contributed by atoms with E-state index < -0.39 is 10.0 Å². The average Bonchev–Trinajstić information content (AvgIpc) is 2.43. The standard InChI is InChI=1S/C16H20N2O2S/c1-12-7-9-15(10-8-12)18-21(19,20)16-6-4-5-14(11-17-3)13(16)2/h4-10,17-18H,11H2,1-3H3. The van der Waals surface area contributed by atoms with E-state index in [1.54, 1.807) is 24.3 Å². The minimum atomic E-state index is -3.58. The minimum Gasteiger partial charge on any atom is -0.316 e. The van der Waals surface area contributed by atoms with Crippen LogP contribution in [0.5, 0.6) is 0 Å². The van der Waals surface area contributed by atoms with Crippen molar-refractivity contribution in [1.82, 2.24) is 5.32 Å². The van der Waals surface area contributed by atoms with Crippen molar-refractivity contribution in [3.8, 4) is 0 Å². The molecule has 21 heavy (non-hydrogen) atoms. The van der Waals surface area contributed by atoms with Gasteiger partial charge in [-0.15, -0.1) is 0 Å². The quantitative estimate of drug-likeness (QED) is 0.893. The molecule has 2 N–H and O–H groups in total. The number of rotatable bonds is 5. The van der Waals surface area contributed by atoms with E-state index in [1.165, 1.54) is 0 Å². The maximum absolute atomic E-state index is 12.5. The lowest BCUT2D eigenvalue weighted by atomic mass is 10.1. The van der Waals surface area contributed by atoms with Crippen LogP contribution >= 0.6 is 0 Å². The third-order valence-corrected chi connectivity index (χ3v) is 4.88. The largest absolute Gasteiger partial charge is 0.316 e. The Hall–Kier alpha value is -1.85. The number of hydrogen-bond acceptors (Lipinski definition) is 3. The molecule has 4 nitrogen and oxygen atoms in total. The molecular weight excluding hydrogens is 284 g/mol. The molecule has 0 saturated carbocycles. The molecule has 2 aromatic rings. The van der Waals surface area contributed by atoms with E-state index >= 15 is 0 Å². The van der Waals surface area contributed by atoms with Gasteiger partial charge >= 0.3 is 0 Å². The van der Waals surface area contributed by atoms with Crippen molar-refractivity contribution < 1.29 is 8.42 Å². The summed E-state index contributed by atoms with van der Waals surface area (Å²) in [6.45, 7) is 4.43. The molecule has 0 aromatic heterocycles. The molecule has 5 heteroatoms. The molecule has 0 atom stereocenters. The number of anilines is 1. The summed E-state index contributed by atoms with van der Waals surface area (Å²) in [6, 6.07) is 12.6.